The van der Waals surface area contributed by atoms with E-state index >= 15 is 0 Å². The molecule has 0 bridgehead atoms. The Balaban J connectivity index is 1.83. The van der Waals surface area contributed by atoms with Crippen LogP contribution in [0.4, 0.5) is 5.69 Å². The van der Waals surface area contributed by atoms with E-state index < -0.39 is 10.0 Å². The highest BCUT2D eigenvalue weighted by molar-refractivity contribution is 7.88. The van der Waals surface area contributed by atoms with Crippen LogP contribution in [0.2, 0.25) is 0 Å². The molecular weight excluding hydrogens is 326 g/mol. The van der Waals surface area contributed by atoms with E-state index in [9.17, 15) is 13.2 Å². The number of amides is 1. The topological polar surface area (TPSA) is 60.9 Å². The highest BCUT2D eigenvalue weighted by Gasteiger charge is 2.23. The maximum Gasteiger partial charge on any atom is 0.224 e. The minimum Gasteiger partial charge on any atom is -0.368 e. The van der Waals surface area contributed by atoms with E-state index in [0.29, 0.717) is 13.1 Å². The van der Waals surface area contributed by atoms with Gasteiger partial charge >= 0.3 is 0 Å². The number of rotatable bonds is 7. The Kier molecular flexibility index (Phi) is 6.39. The number of hydrogen-bond acceptors (Lipinski definition) is 4. The quantitative estimate of drug-likeness (QED) is 0.692. The van der Waals surface area contributed by atoms with Gasteiger partial charge < -0.3 is 9.80 Å². The van der Waals surface area contributed by atoms with E-state index in [1.807, 2.05) is 23.1 Å². The van der Waals surface area contributed by atoms with E-state index in [1.165, 1.54) is 16.1 Å². The molecule has 0 atom stereocenters. The van der Waals surface area contributed by atoms with Crippen LogP contribution in [0.5, 0.6) is 0 Å². The predicted molar refractivity (Wildman–Crippen MR) is 96.5 cm³/mol. The van der Waals surface area contributed by atoms with E-state index in [4.69, 9.17) is 0 Å². The summed E-state index contributed by atoms with van der Waals surface area (Å²) in [5.74, 6) is 0.000393. The highest BCUT2D eigenvalue weighted by atomic mass is 32.2. The Morgan fingerprint density at radius 1 is 1.21 bits per heavy atom. The minimum absolute atomic E-state index is 0.000393. The van der Waals surface area contributed by atoms with Crippen molar-refractivity contribution in [3.8, 4) is 0 Å². The molecular formula is C17H25N3O3S. The summed E-state index contributed by atoms with van der Waals surface area (Å²) in [6, 6.07) is 10.1. The number of para-hydroxylation sites is 1. The third kappa shape index (κ3) is 5.07. The van der Waals surface area contributed by atoms with E-state index in [2.05, 4.69) is 23.6 Å². The lowest BCUT2D eigenvalue weighted by Crippen LogP contribution is -2.49. The molecule has 6 nitrogen and oxygen atoms in total. The molecule has 0 unspecified atom stereocenters. The van der Waals surface area contributed by atoms with Gasteiger partial charge in [0.15, 0.2) is 0 Å². The minimum atomic E-state index is -3.32. The zero-order chi connectivity index (χ0) is 17.6. The molecule has 1 amide bonds. The van der Waals surface area contributed by atoms with Crippen LogP contribution in [0.25, 0.3) is 0 Å². The number of piperazine rings is 1. The number of nitrogens with zero attached hydrogens (tertiary/aromatic N) is 3. The van der Waals surface area contributed by atoms with Gasteiger partial charge in [-0.3, -0.25) is 4.79 Å². The van der Waals surface area contributed by atoms with Gasteiger partial charge in [-0.2, -0.15) is 4.31 Å². The van der Waals surface area contributed by atoms with Crippen LogP contribution in [0.1, 0.15) is 6.42 Å². The lowest BCUT2D eigenvalue weighted by Gasteiger charge is -2.36. The SMILES string of the molecule is C=CCN(CCC(=O)N1CCN(c2ccccc2)CC1)S(C)(=O)=O. The molecule has 2 rings (SSSR count). The van der Waals surface area contributed by atoms with Crippen molar-refractivity contribution < 1.29 is 13.2 Å². The van der Waals surface area contributed by atoms with Crippen molar-refractivity contribution in [3.05, 3.63) is 43.0 Å². The molecule has 1 aliphatic heterocycles. The summed E-state index contributed by atoms with van der Waals surface area (Å²) in [7, 11) is -3.32. The number of benzene rings is 1. The number of sulfonamides is 1. The van der Waals surface area contributed by atoms with E-state index in [-0.39, 0.29) is 25.4 Å². The molecule has 24 heavy (non-hydrogen) atoms. The van der Waals surface area contributed by atoms with Crippen LogP contribution in [-0.2, 0) is 14.8 Å². The first-order chi connectivity index (χ1) is 11.4. The maximum absolute atomic E-state index is 12.3. The zero-order valence-electron chi connectivity index (χ0n) is 14.1. The summed E-state index contributed by atoms with van der Waals surface area (Å²) in [6.07, 6.45) is 2.88. The van der Waals surface area contributed by atoms with Crippen molar-refractivity contribution in [3.63, 3.8) is 0 Å². The van der Waals surface area contributed by atoms with Gasteiger partial charge in [0.2, 0.25) is 15.9 Å². The zero-order valence-corrected chi connectivity index (χ0v) is 14.9. The molecule has 1 aliphatic rings. The summed E-state index contributed by atoms with van der Waals surface area (Å²) >= 11 is 0. The lowest BCUT2D eigenvalue weighted by atomic mass is 10.2. The second kappa shape index (κ2) is 8.30. The molecule has 0 saturated carbocycles. The largest absolute Gasteiger partial charge is 0.368 e. The van der Waals surface area contributed by atoms with Crippen molar-refractivity contribution in [2.45, 2.75) is 6.42 Å². The van der Waals surface area contributed by atoms with Crippen molar-refractivity contribution in [2.75, 3.05) is 50.4 Å². The summed E-state index contributed by atoms with van der Waals surface area (Å²) in [4.78, 5) is 16.4. The molecule has 1 heterocycles. The lowest BCUT2D eigenvalue weighted by molar-refractivity contribution is -0.131. The van der Waals surface area contributed by atoms with Crippen molar-refractivity contribution in [1.82, 2.24) is 9.21 Å². The van der Waals surface area contributed by atoms with Crippen LogP contribution in [-0.4, -0.2) is 69.1 Å². The molecule has 1 saturated heterocycles. The molecule has 0 aromatic heterocycles. The summed E-state index contributed by atoms with van der Waals surface area (Å²) < 4.78 is 24.6. The first-order valence-electron chi connectivity index (χ1n) is 8.05. The molecule has 0 N–H and O–H groups in total. The predicted octanol–water partition coefficient (Wildman–Crippen LogP) is 1.17. The molecule has 7 heteroatoms. The van der Waals surface area contributed by atoms with E-state index in [0.717, 1.165) is 19.3 Å². The molecule has 1 aromatic rings. The fourth-order valence-corrected chi connectivity index (χ4v) is 3.57. The fourth-order valence-electron chi connectivity index (χ4n) is 2.77. The molecule has 1 fully saturated rings. The van der Waals surface area contributed by atoms with Gasteiger partial charge in [-0.25, -0.2) is 8.42 Å². The summed E-state index contributed by atoms with van der Waals surface area (Å²) in [5, 5.41) is 0. The van der Waals surface area contributed by atoms with Crippen LogP contribution < -0.4 is 4.90 Å². The number of carbonyl (C=O) groups excluding carboxylic acids is 1. The van der Waals surface area contributed by atoms with Crippen LogP contribution >= 0.6 is 0 Å². The van der Waals surface area contributed by atoms with Crippen LogP contribution in [0, 0.1) is 0 Å². The third-order valence-corrected chi connectivity index (χ3v) is 5.40. The average molecular weight is 351 g/mol. The number of anilines is 1. The second-order valence-electron chi connectivity index (χ2n) is 5.86. The summed E-state index contributed by atoms with van der Waals surface area (Å²) in [5.41, 5.74) is 1.17. The fraction of sp³-hybridized carbons (Fsp3) is 0.471. The van der Waals surface area contributed by atoms with E-state index in [1.54, 1.807) is 0 Å². The van der Waals surface area contributed by atoms with Crippen LogP contribution in [0.3, 0.4) is 0 Å². The van der Waals surface area contributed by atoms with Crippen molar-refractivity contribution >= 4 is 21.6 Å². The second-order valence-corrected chi connectivity index (χ2v) is 7.85. The molecule has 0 spiro atoms. The smallest absolute Gasteiger partial charge is 0.224 e. The van der Waals surface area contributed by atoms with Crippen molar-refractivity contribution in [2.24, 2.45) is 0 Å². The standard InChI is InChI=1S/C17H25N3O3S/c1-3-10-20(24(2,22)23)11-9-17(21)19-14-12-18(13-15-19)16-7-5-4-6-8-16/h3-8H,1,9-15H2,2H3. The molecule has 0 radical (unpaired) electrons. The van der Waals surface area contributed by atoms with Gasteiger partial charge in [0.25, 0.3) is 0 Å². The van der Waals surface area contributed by atoms with Gasteiger partial charge in [0.05, 0.1) is 6.26 Å². The van der Waals surface area contributed by atoms with Crippen molar-refractivity contribution in [1.29, 1.82) is 0 Å². The van der Waals surface area contributed by atoms with Crippen LogP contribution in [0.15, 0.2) is 43.0 Å². The Morgan fingerprint density at radius 3 is 2.38 bits per heavy atom. The third-order valence-electron chi connectivity index (χ3n) is 4.13. The Hall–Kier alpha value is -1.86. The maximum atomic E-state index is 12.3. The molecule has 0 aliphatic carbocycles. The Bertz CT molecular complexity index is 653. The molecule has 132 valence electrons. The van der Waals surface area contributed by atoms with Gasteiger partial charge in [-0.05, 0) is 12.1 Å². The van der Waals surface area contributed by atoms with Gasteiger partial charge in [0, 0.05) is 51.4 Å². The number of hydrogen-bond donors (Lipinski definition) is 0. The summed E-state index contributed by atoms with van der Waals surface area (Å²) in [6.45, 7) is 6.89. The Morgan fingerprint density at radius 2 is 1.83 bits per heavy atom. The highest BCUT2D eigenvalue weighted by Crippen LogP contribution is 2.16. The normalized spacial score (nSPS) is 15.6. The average Bonchev–Trinajstić information content (AvgIpc) is 2.58. The first kappa shape index (κ1) is 18.5. The molecule has 1 aromatic carbocycles. The van der Waals surface area contributed by atoms with Gasteiger partial charge in [0.1, 0.15) is 0 Å². The number of carbonyl (C=O) groups is 1. The van der Waals surface area contributed by atoms with Gasteiger partial charge in [-0.15, -0.1) is 6.58 Å². The first-order valence-corrected chi connectivity index (χ1v) is 9.90. The van der Waals surface area contributed by atoms with Gasteiger partial charge in [-0.1, -0.05) is 24.3 Å². The monoisotopic (exact) mass is 351 g/mol. The Labute approximate surface area is 144 Å².